The first-order chi connectivity index (χ1) is 12.1. The van der Waals surface area contributed by atoms with Crippen molar-refractivity contribution in [2.45, 2.75) is 13.1 Å². The molecule has 0 spiro atoms. The average molecular weight is 337 g/mol. The highest BCUT2D eigenvalue weighted by molar-refractivity contribution is 5.76. The van der Waals surface area contributed by atoms with Crippen LogP contribution < -0.4 is 5.69 Å². The van der Waals surface area contributed by atoms with E-state index in [1.165, 1.54) is 0 Å². The number of benzene rings is 2. The van der Waals surface area contributed by atoms with E-state index in [1.54, 1.807) is 21.1 Å². The first-order valence-corrected chi connectivity index (χ1v) is 8.27. The summed E-state index contributed by atoms with van der Waals surface area (Å²) in [6.07, 6.45) is -0.258. The zero-order valence-corrected chi connectivity index (χ0v) is 14.0. The predicted molar refractivity (Wildman–Crippen MR) is 94.5 cm³/mol. The van der Waals surface area contributed by atoms with Crippen molar-refractivity contribution >= 4 is 17.1 Å². The molecule has 1 saturated heterocycles. The Balaban J connectivity index is 1.57. The Morgan fingerprint density at radius 3 is 2.20 bits per heavy atom. The van der Waals surface area contributed by atoms with Crippen LogP contribution in [-0.4, -0.2) is 33.3 Å². The number of hydrogen-bond acceptors (Lipinski definition) is 3. The SMILES string of the molecule is Cn1c(=O)n(Cc2ccc(CN3CCOC3=O)cc2)c2ccccc21. The van der Waals surface area contributed by atoms with Gasteiger partial charge in [-0.2, -0.15) is 0 Å². The lowest BCUT2D eigenvalue weighted by Gasteiger charge is -2.13. The molecule has 3 aromatic rings. The summed E-state index contributed by atoms with van der Waals surface area (Å²) in [7, 11) is 1.79. The fourth-order valence-corrected chi connectivity index (χ4v) is 3.24. The van der Waals surface area contributed by atoms with Gasteiger partial charge in [0.15, 0.2) is 0 Å². The van der Waals surface area contributed by atoms with Gasteiger partial charge in [-0.15, -0.1) is 0 Å². The van der Waals surface area contributed by atoms with Gasteiger partial charge < -0.3 is 9.64 Å². The van der Waals surface area contributed by atoms with Gasteiger partial charge in [0, 0.05) is 13.6 Å². The van der Waals surface area contributed by atoms with E-state index in [-0.39, 0.29) is 11.8 Å². The molecule has 0 N–H and O–H groups in total. The summed E-state index contributed by atoms with van der Waals surface area (Å²) < 4.78 is 8.39. The van der Waals surface area contributed by atoms with Crippen LogP contribution in [0.25, 0.3) is 11.0 Å². The zero-order chi connectivity index (χ0) is 17.4. The maximum Gasteiger partial charge on any atom is 0.410 e. The lowest BCUT2D eigenvalue weighted by Crippen LogP contribution is -2.23. The number of hydrogen-bond donors (Lipinski definition) is 0. The molecular formula is C19H19N3O3. The van der Waals surface area contributed by atoms with Gasteiger partial charge in [0.2, 0.25) is 0 Å². The first kappa shape index (κ1) is 15.5. The highest BCUT2D eigenvalue weighted by atomic mass is 16.6. The van der Waals surface area contributed by atoms with E-state index in [4.69, 9.17) is 4.74 Å². The molecule has 6 nitrogen and oxygen atoms in total. The minimum absolute atomic E-state index is 0.0231. The van der Waals surface area contributed by atoms with Crippen LogP contribution in [0.4, 0.5) is 4.79 Å². The molecule has 1 amide bonds. The summed E-state index contributed by atoms with van der Waals surface area (Å²) in [5, 5.41) is 0. The van der Waals surface area contributed by atoms with Crippen LogP contribution in [0, 0.1) is 0 Å². The maximum atomic E-state index is 12.5. The second-order valence-corrected chi connectivity index (χ2v) is 6.27. The molecule has 0 radical (unpaired) electrons. The molecule has 2 aromatic carbocycles. The molecule has 0 bridgehead atoms. The number of ether oxygens (including phenoxy) is 1. The number of rotatable bonds is 4. The Labute approximate surface area is 144 Å². The highest BCUT2D eigenvalue weighted by Gasteiger charge is 2.21. The van der Waals surface area contributed by atoms with Gasteiger partial charge in [0.25, 0.3) is 0 Å². The smallest absolute Gasteiger partial charge is 0.410 e. The largest absolute Gasteiger partial charge is 0.448 e. The molecule has 1 fully saturated rings. The molecule has 4 rings (SSSR count). The van der Waals surface area contributed by atoms with Gasteiger partial charge >= 0.3 is 11.8 Å². The van der Waals surface area contributed by atoms with Gasteiger partial charge in [0.1, 0.15) is 6.61 Å². The number of fused-ring (bicyclic) bond motifs is 1. The van der Waals surface area contributed by atoms with Crippen molar-refractivity contribution in [1.29, 1.82) is 0 Å². The van der Waals surface area contributed by atoms with Crippen molar-refractivity contribution < 1.29 is 9.53 Å². The number of carbonyl (C=O) groups excluding carboxylic acids is 1. The van der Waals surface area contributed by atoms with Crippen LogP contribution in [0.15, 0.2) is 53.3 Å². The predicted octanol–water partition coefficient (Wildman–Crippen LogP) is 2.34. The fraction of sp³-hybridized carbons (Fsp3) is 0.263. The lowest BCUT2D eigenvalue weighted by molar-refractivity contribution is 0.157. The minimum Gasteiger partial charge on any atom is -0.448 e. The van der Waals surface area contributed by atoms with Gasteiger partial charge in [0.05, 0.1) is 24.1 Å². The second kappa shape index (κ2) is 6.12. The van der Waals surface area contributed by atoms with Crippen molar-refractivity contribution in [2.24, 2.45) is 7.05 Å². The van der Waals surface area contributed by atoms with Gasteiger partial charge in [-0.25, -0.2) is 9.59 Å². The highest BCUT2D eigenvalue weighted by Crippen LogP contribution is 2.15. The summed E-state index contributed by atoms with van der Waals surface area (Å²) >= 11 is 0. The van der Waals surface area contributed by atoms with Crippen LogP contribution in [0.3, 0.4) is 0 Å². The van der Waals surface area contributed by atoms with Gasteiger partial charge in [-0.05, 0) is 23.3 Å². The van der Waals surface area contributed by atoms with Crippen LogP contribution in [0.2, 0.25) is 0 Å². The number of carbonyl (C=O) groups is 1. The Morgan fingerprint density at radius 1 is 0.920 bits per heavy atom. The molecule has 1 aromatic heterocycles. The topological polar surface area (TPSA) is 56.5 Å². The quantitative estimate of drug-likeness (QED) is 0.734. The van der Waals surface area contributed by atoms with Crippen molar-refractivity contribution in [3.8, 4) is 0 Å². The summed E-state index contributed by atoms with van der Waals surface area (Å²) in [4.78, 5) is 25.7. The van der Waals surface area contributed by atoms with E-state index >= 15 is 0 Å². The Bertz CT molecular complexity index is 985. The molecule has 0 saturated carbocycles. The van der Waals surface area contributed by atoms with Crippen LogP contribution in [0.5, 0.6) is 0 Å². The van der Waals surface area contributed by atoms with Crippen molar-refractivity contribution in [2.75, 3.05) is 13.2 Å². The normalized spacial score (nSPS) is 14.3. The molecule has 1 aliphatic rings. The first-order valence-electron chi connectivity index (χ1n) is 8.27. The molecule has 128 valence electrons. The molecule has 25 heavy (non-hydrogen) atoms. The maximum absolute atomic E-state index is 12.5. The third-order valence-corrected chi connectivity index (χ3v) is 4.63. The summed E-state index contributed by atoms with van der Waals surface area (Å²) in [6.45, 7) is 2.16. The number of aromatic nitrogens is 2. The lowest BCUT2D eigenvalue weighted by atomic mass is 10.1. The van der Waals surface area contributed by atoms with E-state index < -0.39 is 0 Å². The van der Waals surface area contributed by atoms with E-state index in [0.717, 1.165) is 22.2 Å². The zero-order valence-electron chi connectivity index (χ0n) is 14.0. The third kappa shape index (κ3) is 2.80. The molecular weight excluding hydrogens is 318 g/mol. The molecule has 0 atom stereocenters. The van der Waals surface area contributed by atoms with Crippen LogP contribution in [-0.2, 0) is 24.9 Å². The molecule has 2 heterocycles. The van der Waals surface area contributed by atoms with Crippen LogP contribution in [0.1, 0.15) is 11.1 Å². The average Bonchev–Trinajstić information content (AvgIpc) is 3.14. The van der Waals surface area contributed by atoms with Gasteiger partial charge in [-0.1, -0.05) is 36.4 Å². The third-order valence-electron chi connectivity index (χ3n) is 4.63. The molecule has 0 unspecified atom stereocenters. The molecule has 1 aliphatic heterocycles. The summed E-state index contributed by atoms with van der Waals surface area (Å²) in [6, 6.07) is 15.8. The van der Waals surface area contributed by atoms with E-state index in [0.29, 0.717) is 26.2 Å². The number of imidazole rings is 1. The van der Waals surface area contributed by atoms with E-state index in [2.05, 4.69) is 0 Å². The second-order valence-electron chi connectivity index (χ2n) is 6.27. The van der Waals surface area contributed by atoms with E-state index in [1.807, 2.05) is 48.5 Å². The number of aryl methyl sites for hydroxylation is 1. The van der Waals surface area contributed by atoms with Crippen molar-refractivity contribution in [3.05, 3.63) is 70.1 Å². The van der Waals surface area contributed by atoms with E-state index in [9.17, 15) is 9.59 Å². The summed E-state index contributed by atoms with van der Waals surface area (Å²) in [5.74, 6) is 0. The molecule has 0 aliphatic carbocycles. The molecule has 6 heteroatoms. The Hall–Kier alpha value is -3.02. The Morgan fingerprint density at radius 2 is 1.56 bits per heavy atom. The number of amides is 1. The monoisotopic (exact) mass is 337 g/mol. The number of cyclic esters (lactones) is 1. The summed E-state index contributed by atoms with van der Waals surface area (Å²) in [5.41, 5.74) is 3.93. The van der Waals surface area contributed by atoms with Crippen molar-refractivity contribution in [3.63, 3.8) is 0 Å². The van der Waals surface area contributed by atoms with Crippen molar-refractivity contribution in [1.82, 2.24) is 14.0 Å². The van der Waals surface area contributed by atoms with Gasteiger partial charge in [-0.3, -0.25) is 9.13 Å². The Kier molecular flexibility index (Phi) is 3.80. The van der Waals surface area contributed by atoms with Crippen LogP contribution >= 0.6 is 0 Å². The fourth-order valence-electron chi connectivity index (χ4n) is 3.24. The minimum atomic E-state index is -0.258. The number of nitrogens with zero attached hydrogens (tertiary/aromatic N) is 3. The standard InChI is InChI=1S/C19H19N3O3/c1-20-16-4-2-3-5-17(16)22(18(20)23)13-15-8-6-14(7-9-15)12-21-10-11-25-19(21)24/h2-9H,10-13H2,1H3. The number of para-hydroxylation sites is 2.